The smallest absolute Gasteiger partial charge is 0.230 e. The standard InChI is InChI=1S/C15H21NO2S/c1-11(2)8-9-16-15(18)10-19-14-6-4-13(5-7-14)12(3)17/h4-7,11H,8-10H2,1-3H3,(H,16,18). The van der Waals surface area contributed by atoms with E-state index in [1.54, 1.807) is 19.1 Å². The highest BCUT2D eigenvalue weighted by Gasteiger charge is 2.04. The maximum absolute atomic E-state index is 11.6. The molecule has 19 heavy (non-hydrogen) atoms. The van der Waals surface area contributed by atoms with Crippen LogP contribution in [-0.4, -0.2) is 24.0 Å². The summed E-state index contributed by atoms with van der Waals surface area (Å²) in [4.78, 5) is 23.7. The fourth-order valence-electron chi connectivity index (χ4n) is 1.49. The molecule has 0 radical (unpaired) electrons. The second-order valence-electron chi connectivity index (χ2n) is 4.90. The zero-order chi connectivity index (χ0) is 14.3. The van der Waals surface area contributed by atoms with E-state index >= 15 is 0 Å². The largest absolute Gasteiger partial charge is 0.355 e. The van der Waals surface area contributed by atoms with Gasteiger partial charge < -0.3 is 5.32 Å². The Morgan fingerprint density at radius 3 is 2.37 bits per heavy atom. The normalized spacial score (nSPS) is 10.5. The first-order valence-corrected chi connectivity index (χ1v) is 7.48. The van der Waals surface area contributed by atoms with E-state index in [4.69, 9.17) is 0 Å². The monoisotopic (exact) mass is 279 g/mol. The van der Waals surface area contributed by atoms with Crippen molar-refractivity contribution < 1.29 is 9.59 Å². The van der Waals surface area contributed by atoms with Gasteiger partial charge in [0.25, 0.3) is 0 Å². The first-order valence-electron chi connectivity index (χ1n) is 6.49. The first kappa shape index (κ1) is 15.8. The van der Waals surface area contributed by atoms with Crippen LogP contribution in [0.2, 0.25) is 0 Å². The van der Waals surface area contributed by atoms with Crippen LogP contribution in [0.3, 0.4) is 0 Å². The third kappa shape index (κ3) is 6.43. The molecule has 0 fully saturated rings. The van der Waals surface area contributed by atoms with Gasteiger partial charge in [0.15, 0.2) is 5.78 Å². The molecule has 0 aromatic heterocycles. The first-order chi connectivity index (χ1) is 8.99. The van der Waals surface area contributed by atoms with Crippen molar-refractivity contribution in [3.8, 4) is 0 Å². The maximum Gasteiger partial charge on any atom is 0.230 e. The Kier molecular flexibility index (Phi) is 6.64. The highest BCUT2D eigenvalue weighted by Crippen LogP contribution is 2.18. The third-order valence-corrected chi connectivity index (χ3v) is 3.69. The van der Waals surface area contributed by atoms with Crippen LogP contribution >= 0.6 is 11.8 Å². The molecule has 1 aromatic rings. The molecule has 0 aliphatic heterocycles. The predicted molar refractivity (Wildman–Crippen MR) is 79.6 cm³/mol. The van der Waals surface area contributed by atoms with Crippen LogP contribution in [0.15, 0.2) is 29.2 Å². The van der Waals surface area contributed by atoms with Gasteiger partial charge in [-0.3, -0.25) is 9.59 Å². The van der Waals surface area contributed by atoms with E-state index in [2.05, 4.69) is 19.2 Å². The number of ketones is 1. The molecule has 0 aliphatic rings. The fraction of sp³-hybridized carbons (Fsp3) is 0.467. The summed E-state index contributed by atoms with van der Waals surface area (Å²) in [5, 5.41) is 2.90. The van der Waals surface area contributed by atoms with E-state index in [-0.39, 0.29) is 11.7 Å². The molecule has 0 saturated heterocycles. The highest BCUT2D eigenvalue weighted by molar-refractivity contribution is 8.00. The molecule has 104 valence electrons. The topological polar surface area (TPSA) is 46.2 Å². The van der Waals surface area contributed by atoms with Crippen LogP contribution in [0.5, 0.6) is 0 Å². The Morgan fingerprint density at radius 1 is 1.21 bits per heavy atom. The van der Waals surface area contributed by atoms with Crippen LogP contribution in [0.25, 0.3) is 0 Å². The molecule has 0 saturated carbocycles. The summed E-state index contributed by atoms with van der Waals surface area (Å²) in [6, 6.07) is 7.34. The number of carbonyl (C=O) groups excluding carboxylic acids is 2. The van der Waals surface area contributed by atoms with Gasteiger partial charge in [0, 0.05) is 17.0 Å². The molecule has 1 amide bonds. The molecule has 0 atom stereocenters. The molecule has 1 N–H and O–H groups in total. The van der Waals surface area contributed by atoms with Crippen LogP contribution in [-0.2, 0) is 4.79 Å². The van der Waals surface area contributed by atoms with Crippen molar-refractivity contribution in [2.45, 2.75) is 32.1 Å². The van der Waals surface area contributed by atoms with Gasteiger partial charge in [-0.05, 0) is 31.4 Å². The average molecular weight is 279 g/mol. The van der Waals surface area contributed by atoms with Gasteiger partial charge in [0.1, 0.15) is 0 Å². The quantitative estimate of drug-likeness (QED) is 0.616. The molecule has 0 heterocycles. The second-order valence-corrected chi connectivity index (χ2v) is 5.95. The summed E-state index contributed by atoms with van der Waals surface area (Å²) < 4.78 is 0. The summed E-state index contributed by atoms with van der Waals surface area (Å²) >= 11 is 1.48. The van der Waals surface area contributed by atoms with Gasteiger partial charge in [-0.15, -0.1) is 11.8 Å². The lowest BCUT2D eigenvalue weighted by Crippen LogP contribution is -2.26. The number of benzene rings is 1. The number of nitrogens with one attached hydrogen (secondary N) is 1. The Morgan fingerprint density at radius 2 is 1.84 bits per heavy atom. The highest BCUT2D eigenvalue weighted by atomic mass is 32.2. The van der Waals surface area contributed by atoms with E-state index in [0.717, 1.165) is 17.9 Å². The summed E-state index contributed by atoms with van der Waals surface area (Å²) in [6.07, 6.45) is 1.00. The molecule has 0 aliphatic carbocycles. The average Bonchev–Trinajstić information content (AvgIpc) is 2.36. The van der Waals surface area contributed by atoms with Gasteiger partial charge in [-0.2, -0.15) is 0 Å². The number of amides is 1. The van der Waals surface area contributed by atoms with Crippen LogP contribution in [0.4, 0.5) is 0 Å². The molecular formula is C15H21NO2S. The Bertz CT molecular complexity index is 426. The number of thioether (sulfide) groups is 1. The lowest BCUT2D eigenvalue weighted by atomic mass is 10.1. The third-order valence-electron chi connectivity index (χ3n) is 2.67. The van der Waals surface area contributed by atoms with Crippen LogP contribution in [0.1, 0.15) is 37.6 Å². The van der Waals surface area contributed by atoms with E-state index < -0.39 is 0 Å². The number of rotatable bonds is 7. The fourth-order valence-corrected chi connectivity index (χ4v) is 2.21. The summed E-state index contributed by atoms with van der Waals surface area (Å²) in [6.45, 7) is 6.56. The Labute approximate surface area is 119 Å². The van der Waals surface area contributed by atoms with Gasteiger partial charge in [-0.25, -0.2) is 0 Å². The minimum Gasteiger partial charge on any atom is -0.355 e. The predicted octanol–water partition coefficient (Wildman–Crippen LogP) is 3.14. The minimum atomic E-state index is 0.0568. The van der Waals surface area contributed by atoms with Crippen molar-refractivity contribution in [2.75, 3.05) is 12.3 Å². The summed E-state index contributed by atoms with van der Waals surface area (Å²) in [7, 11) is 0. The molecule has 0 spiro atoms. The molecule has 4 heteroatoms. The number of hydrogen-bond acceptors (Lipinski definition) is 3. The van der Waals surface area contributed by atoms with Crippen molar-refractivity contribution in [3.63, 3.8) is 0 Å². The molecule has 1 aromatic carbocycles. The second kappa shape index (κ2) is 8.00. The van der Waals surface area contributed by atoms with Crippen molar-refractivity contribution in [3.05, 3.63) is 29.8 Å². The SMILES string of the molecule is CC(=O)c1ccc(SCC(=O)NCCC(C)C)cc1. The number of hydrogen-bond donors (Lipinski definition) is 1. The zero-order valence-corrected chi connectivity index (χ0v) is 12.5. The van der Waals surface area contributed by atoms with Gasteiger partial charge >= 0.3 is 0 Å². The summed E-state index contributed by atoms with van der Waals surface area (Å²) in [5.41, 5.74) is 0.700. The maximum atomic E-state index is 11.6. The van der Waals surface area contributed by atoms with Crippen molar-refractivity contribution in [1.82, 2.24) is 5.32 Å². The van der Waals surface area contributed by atoms with E-state index in [1.165, 1.54) is 11.8 Å². The molecule has 0 unspecified atom stereocenters. The lowest BCUT2D eigenvalue weighted by Gasteiger charge is -2.07. The zero-order valence-electron chi connectivity index (χ0n) is 11.7. The number of Topliss-reactive ketones (excluding diaryl/α,β-unsaturated/α-hetero) is 1. The molecular weight excluding hydrogens is 258 g/mol. The van der Waals surface area contributed by atoms with E-state index in [1.807, 2.05) is 12.1 Å². The van der Waals surface area contributed by atoms with Crippen molar-refractivity contribution in [2.24, 2.45) is 5.92 Å². The number of carbonyl (C=O) groups is 2. The van der Waals surface area contributed by atoms with Crippen molar-refractivity contribution in [1.29, 1.82) is 0 Å². The molecule has 0 bridgehead atoms. The Hall–Kier alpha value is -1.29. The van der Waals surface area contributed by atoms with Gasteiger partial charge in [-0.1, -0.05) is 26.0 Å². The molecule has 1 rings (SSSR count). The van der Waals surface area contributed by atoms with Gasteiger partial charge in [0.2, 0.25) is 5.91 Å². The van der Waals surface area contributed by atoms with E-state index in [9.17, 15) is 9.59 Å². The lowest BCUT2D eigenvalue weighted by molar-refractivity contribution is -0.118. The summed E-state index contributed by atoms with van der Waals surface area (Å²) in [5.74, 6) is 1.13. The van der Waals surface area contributed by atoms with Crippen LogP contribution < -0.4 is 5.32 Å². The Balaban J connectivity index is 2.32. The molecule has 3 nitrogen and oxygen atoms in total. The van der Waals surface area contributed by atoms with E-state index in [0.29, 0.717) is 17.2 Å². The van der Waals surface area contributed by atoms with Gasteiger partial charge in [0.05, 0.1) is 5.75 Å². The van der Waals surface area contributed by atoms with Crippen LogP contribution in [0, 0.1) is 5.92 Å². The minimum absolute atomic E-state index is 0.0568. The van der Waals surface area contributed by atoms with Crippen molar-refractivity contribution >= 4 is 23.5 Å².